The summed E-state index contributed by atoms with van der Waals surface area (Å²) in [5.41, 5.74) is 0.669. The van der Waals surface area contributed by atoms with E-state index in [1.165, 1.54) is 0 Å². The maximum absolute atomic E-state index is 11.6. The normalized spacial score (nSPS) is 10.0. The molecule has 0 amide bonds. The summed E-state index contributed by atoms with van der Waals surface area (Å²) < 4.78 is 10.9. The van der Waals surface area contributed by atoms with Crippen LogP contribution in [0, 0.1) is 0 Å². The minimum absolute atomic E-state index is 0.107. The van der Waals surface area contributed by atoms with Gasteiger partial charge in [-0.3, -0.25) is 4.79 Å². The molecule has 0 radical (unpaired) electrons. The van der Waals surface area contributed by atoms with Crippen molar-refractivity contribution in [3.8, 4) is 17.2 Å². The monoisotopic (exact) mass is 256 g/mol. The number of rotatable bonds is 5. The maximum Gasteiger partial charge on any atom is 0.162 e. The second kappa shape index (κ2) is 6.05. The Bertz CT molecular complexity index is 576. The highest BCUT2D eigenvalue weighted by Gasteiger charge is 2.05. The summed E-state index contributed by atoms with van der Waals surface area (Å²) in [6.45, 7) is 1.85. The molecule has 0 fully saturated rings. The van der Waals surface area contributed by atoms with Gasteiger partial charge in [-0.1, -0.05) is 25.1 Å². The number of Topliss-reactive ketones (excluding diaryl/α,β-unsaturated/α-hetero) is 1. The van der Waals surface area contributed by atoms with Crippen molar-refractivity contribution in [3.63, 3.8) is 0 Å². The summed E-state index contributed by atoms with van der Waals surface area (Å²) in [6.07, 6.45) is 0.489. The van der Waals surface area contributed by atoms with Crippen molar-refractivity contribution < 1.29 is 14.3 Å². The lowest BCUT2D eigenvalue weighted by molar-refractivity contribution is 0.0988. The Balaban J connectivity index is 2.20. The lowest BCUT2D eigenvalue weighted by atomic mass is 10.1. The van der Waals surface area contributed by atoms with Crippen LogP contribution in [0.3, 0.4) is 0 Å². The van der Waals surface area contributed by atoms with Gasteiger partial charge in [-0.15, -0.1) is 0 Å². The van der Waals surface area contributed by atoms with Crippen molar-refractivity contribution in [2.75, 3.05) is 7.11 Å². The Kier molecular flexibility index (Phi) is 4.18. The van der Waals surface area contributed by atoms with Crippen molar-refractivity contribution in [2.45, 2.75) is 13.3 Å². The molecule has 0 heterocycles. The lowest BCUT2D eigenvalue weighted by Crippen LogP contribution is -1.96. The van der Waals surface area contributed by atoms with E-state index in [0.717, 1.165) is 5.75 Å². The fourth-order valence-corrected chi connectivity index (χ4v) is 1.74. The van der Waals surface area contributed by atoms with Crippen LogP contribution < -0.4 is 9.47 Å². The average Bonchev–Trinajstić information content (AvgIpc) is 2.47. The smallest absolute Gasteiger partial charge is 0.162 e. The highest BCUT2D eigenvalue weighted by molar-refractivity contribution is 5.96. The molecule has 0 unspecified atom stereocenters. The first-order chi connectivity index (χ1) is 9.22. The SMILES string of the molecule is CCC(=O)c1cccc(Oc2cccc(OC)c2)c1. The summed E-state index contributed by atoms with van der Waals surface area (Å²) in [6, 6.07) is 14.5. The van der Waals surface area contributed by atoms with Crippen LogP contribution in [0.4, 0.5) is 0 Å². The molecular weight excluding hydrogens is 240 g/mol. The molecule has 0 aliphatic heterocycles. The molecule has 0 saturated carbocycles. The van der Waals surface area contributed by atoms with Gasteiger partial charge in [-0.05, 0) is 24.3 Å². The fourth-order valence-electron chi connectivity index (χ4n) is 1.74. The number of carbonyl (C=O) groups is 1. The molecule has 3 heteroatoms. The second-order valence-corrected chi connectivity index (χ2v) is 4.09. The van der Waals surface area contributed by atoms with E-state index in [0.29, 0.717) is 23.5 Å². The molecule has 0 saturated heterocycles. The lowest BCUT2D eigenvalue weighted by Gasteiger charge is -2.08. The van der Waals surface area contributed by atoms with Crippen LogP contribution in [0.15, 0.2) is 48.5 Å². The van der Waals surface area contributed by atoms with Gasteiger partial charge in [0.2, 0.25) is 0 Å². The number of benzene rings is 2. The largest absolute Gasteiger partial charge is 0.497 e. The molecule has 2 aromatic carbocycles. The molecule has 0 spiro atoms. The average molecular weight is 256 g/mol. The molecule has 3 nitrogen and oxygen atoms in total. The molecule has 2 rings (SSSR count). The van der Waals surface area contributed by atoms with Gasteiger partial charge in [0.05, 0.1) is 7.11 Å². The molecule has 0 atom stereocenters. The van der Waals surface area contributed by atoms with Gasteiger partial charge in [-0.2, -0.15) is 0 Å². The van der Waals surface area contributed by atoms with E-state index < -0.39 is 0 Å². The summed E-state index contributed by atoms with van der Waals surface area (Å²) in [7, 11) is 1.61. The van der Waals surface area contributed by atoms with Gasteiger partial charge in [0.25, 0.3) is 0 Å². The van der Waals surface area contributed by atoms with Gasteiger partial charge in [0.15, 0.2) is 5.78 Å². The van der Waals surface area contributed by atoms with E-state index in [1.54, 1.807) is 25.3 Å². The fraction of sp³-hybridized carbons (Fsp3) is 0.188. The molecule has 98 valence electrons. The third-order valence-electron chi connectivity index (χ3n) is 2.75. The van der Waals surface area contributed by atoms with Crippen molar-refractivity contribution >= 4 is 5.78 Å². The van der Waals surface area contributed by atoms with Crippen LogP contribution in [0.2, 0.25) is 0 Å². The zero-order valence-electron chi connectivity index (χ0n) is 11.1. The first-order valence-corrected chi connectivity index (χ1v) is 6.18. The van der Waals surface area contributed by atoms with Crippen LogP contribution in [-0.2, 0) is 0 Å². The standard InChI is InChI=1S/C16H16O3/c1-3-16(17)12-6-4-8-14(10-12)19-15-9-5-7-13(11-15)18-2/h4-11H,3H2,1-2H3. The molecule has 0 aliphatic carbocycles. The zero-order valence-corrected chi connectivity index (χ0v) is 11.1. The van der Waals surface area contributed by atoms with Crippen LogP contribution in [0.1, 0.15) is 23.7 Å². The van der Waals surface area contributed by atoms with Crippen LogP contribution in [0.5, 0.6) is 17.2 Å². The summed E-state index contributed by atoms with van der Waals surface area (Å²) in [4.78, 5) is 11.6. The van der Waals surface area contributed by atoms with E-state index in [2.05, 4.69) is 0 Å². The Morgan fingerprint density at radius 2 is 1.63 bits per heavy atom. The van der Waals surface area contributed by atoms with Crippen molar-refractivity contribution in [1.82, 2.24) is 0 Å². The molecular formula is C16H16O3. The van der Waals surface area contributed by atoms with E-state index >= 15 is 0 Å². The van der Waals surface area contributed by atoms with Crippen LogP contribution in [0.25, 0.3) is 0 Å². The van der Waals surface area contributed by atoms with Crippen molar-refractivity contribution in [2.24, 2.45) is 0 Å². The van der Waals surface area contributed by atoms with Crippen LogP contribution in [-0.4, -0.2) is 12.9 Å². The number of ether oxygens (including phenoxy) is 2. The maximum atomic E-state index is 11.6. The van der Waals surface area contributed by atoms with E-state index in [-0.39, 0.29) is 5.78 Å². The predicted octanol–water partition coefficient (Wildman–Crippen LogP) is 4.08. The Morgan fingerprint density at radius 3 is 2.32 bits per heavy atom. The highest BCUT2D eigenvalue weighted by atomic mass is 16.5. The van der Waals surface area contributed by atoms with Crippen LogP contribution >= 0.6 is 0 Å². The topological polar surface area (TPSA) is 35.5 Å². The van der Waals surface area contributed by atoms with E-state index in [9.17, 15) is 4.79 Å². The molecule has 0 aliphatic rings. The Morgan fingerprint density at radius 1 is 1.00 bits per heavy atom. The van der Waals surface area contributed by atoms with E-state index in [1.807, 2.05) is 37.3 Å². The Labute approximate surface area is 112 Å². The van der Waals surface area contributed by atoms with Gasteiger partial charge >= 0.3 is 0 Å². The first kappa shape index (κ1) is 13.1. The molecule has 0 N–H and O–H groups in total. The third-order valence-corrected chi connectivity index (χ3v) is 2.75. The van der Waals surface area contributed by atoms with Gasteiger partial charge in [-0.25, -0.2) is 0 Å². The van der Waals surface area contributed by atoms with Crippen molar-refractivity contribution in [3.05, 3.63) is 54.1 Å². The zero-order chi connectivity index (χ0) is 13.7. The molecule has 0 aromatic heterocycles. The molecule has 0 bridgehead atoms. The third kappa shape index (κ3) is 3.35. The summed E-state index contributed by atoms with van der Waals surface area (Å²) in [5, 5.41) is 0. The molecule has 2 aromatic rings. The number of ketones is 1. The van der Waals surface area contributed by atoms with Gasteiger partial charge < -0.3 is 9.47 Å². The minimum atomic E-state index is 0.107. The minimum Gasteiger partial charge on any atom is -0.497 e. The Hall–Kier alpha value is -2.29. The van der Waals surface area contributed by atoms with Crippen molar-refractivity contribution in [1.29, 1.82) is 0 Å². The first-order valence-electron chi connectivity index (χ1n) is 6.18. The number of hydrogen-bond acceptors (Lipinski definition) is 3. The number of hydrogen-bond donors (Lipinski definition) is 0. The summed E-state index contributed by atoms with van der Waals surface area (Å²) >= 11 is 0. The quantitative estimate of drug-likeness (QED) is 0.756. The highest BCUT2D eigenvalue weighted by Crippen LogP contribution is 2.25. The summed E-state index contributed by atoms with van der Waals surface area (Å²) in [5.74, 6) is 2.17. The number of carbonyl (C=O) groups excluding carboxylic acids is 1. The molecule has 19 heavy (non-hydrogen) atoms. The van der Waals surface area contributed by atoms with E-state index in [4.69, 9.17) is 9.47 Å². The van der Waals surface area contributed by atoms with Gasteiger partial charge in [0, 0.05) is 18.1 Å². The number of methoxy groups -OCH3 is 1. The predicted molar refractivity (Wildman–Crippen MR) is 74.1 cm³/mol. The second-order valence-electron chi connectivity index (χ2n) is 4.09. The van der Waals surface area contributed by atoms with Gasteiger partial charge in [0.1, 0.15) is 17.2 Å².